The van der Waals surface area contributed by atoms with E-state index in [2.05, 4.69) is 16.8 Å². The van der Waals surface area contributed by atoms with Crippen LogP contribution in [0.2, 0.25) is 5.02 Å². The lowest BCUT2D eigenvalue weighted by Gasteiger charge is -2.39. The topological polar surface area (TPSA) is 87.5 Å². The van der Waals surface area contributed by atoms with Crippen LogP contribution < -0.4 is 5.32 Å². The molecule has 3 aliphatic heterocycles. The van der Waals surface area contributed by atoms with Crippen molar-refractivity contribution < 1.29 is 19.1 Å². The number of likely N-dealkylation sites (tertiary alicyclic amines) is 1. The molecule has 7 rings (SSSR count). The molecule has 2 aromatic carbocycles. The van der Waals surface area contributed by atoms with Gasteiger partial charge in [0.15, 0.2) is 0 Å². The number of benzene rings is 2. The number of fused-ring (bicyclic) bond motifs is 5. The van der Waals surface area contributed by atoms with Crippen LogP contribution in [0.1, 0.15) is 59.8 Å². The van der Waals surface area contributed by atoms with Gasteiger partial charge in [-0.15, -0.1) is 0 Å². The van der Waals surface area contributed by atoms with Gasteiger partial charge in [0.2, 0.25) is 5.91 Å². The Morgan fingerprint density at radius 3 is 2.79 bits per heavy atom. The molecule has 0 radical (unpaired) electrons. The van der Waals surface area contributed by atoms with E-state index in [1.807, 2.05) is 11.6 Å². The molecular formula is C32H29Cl2FN4O3. The molecule has 4 aliphatic rings. The van der Waals surface area contributed by atoms with Crippen molar-refractivity contribution in [2.24, 2.45) is 5.92 Å². The van der Waals surface area contributed by atoms with Crippen LogP contribution in [0.4, 0.5) is 4.39 Å². The van der Waals surface area contributed by atoms with E-state index in [4.69, 9.17) is 28.3 Å². The highest BCUT2D eigenvalue weighted by molar-refractivity contribution is 6.31. The van der Waals surface area contributed by atoms with Crippen molar-refractivity contribution in [3.8, 4) is 0 Å². The molecule has 1 saturated carbocycles. The molecule has 10 heteroatoms. The molecule has 1 spiro atoms. The van der Waals surface area contributed by atoms with E-state index in [1.54, 1.807) is 42.5 Å². The molecule has 216 valence electrons. The quantitative estimate of drug-likeness (QED) is 0.354. The van der Waals surface area contributed by atoms with Gasteiger partial charge in [-0.1, -0.05) is 54.1 Å². The number of carboxylic acid groups (broad SMARTS) is 1. The third-order valence-corrected chi connectivity index (χ3v) is 10.1. The highest BCUT2D eigenvalue weighted by atomic mass is 35.5. The fraction of sp³-hybridized carbons (Fsp3) is 0.344. The van der Waals surface area contributed by atoms with Crippen LogP contribution in [0.5, 0.6) is 0 Å². The highest BCUT2D eigenvalue weighted by Crippen LogP contribution is 2.61. The second-order valence-corrected chi connectivity index (χ2v) is 12.5. The summed E-state index contributed by atoms with van der Waals surface area (Å²) >= 11 is 12.8. The van der Waals surface area contributed by atoms with Gasteiger partial charge in [0.1, 0.15) is 11.4 Å². The number of aromatic nitrogens is 2. The molecule has 1 aromatic heterocycles. The minimum absolute atomic E-state index is 0.0238. The molecule has 2 saturated heterocycles. The summed E-state index contributed by atoms with van der Waals surface area (Å²) in [5.74, 6) is -2.18. The summed E-state index contributed by atoms with van der Waals surface area (Å²) in [7, 11) is 0. The molecule has 2 N–H and O–H groups in total. The number of carboxylic acids is 1. The molecule has 7 nitrogen and oxygen atoms in total. The van der Waals surface area contributed by atoms with Crippen LogP contribution >= 0.6 is 23.2 Å². The molecule has 1 aliphatic carbocycles. The SMILES string of the molecule is C=C1/C(=C\C(Cl)=C/C)NC(=O)[C@@]12[C@H](c1cccc(Cl)c1F)[C@@H]1[C@@H](CCc3c4ccc(C(=O)O)cc4nn31)N2CC1CC1. The predicted octanol–water partition coefficient (Wildman–Crippen LogP) is 6.34. The van der Waals surface area contributed by atoms with E-state index in [1.165, 1.54) is 6.07 Å². The van der Waals surface area contributed by atoms with Crippen LogP contribution in [0.25, 0.3) is 10.9 Å². The summed E-state index contributed by atoms with van der Waals surface area (Å²) in [5.41, 5.74) is 1.70. The van der Waals surface area contributed by atoms with Gasteiger partial charge < -0.3 is 10.4 Å². The monoisotopic (exact) mass is 606 g/mol. The van der Waals surface area contributed by atoms with Crippen LogP contribution in [0.3, 0.4) is 0 Å². The number of hydrogen-bond donors (Lipinski definition) is 2. The van der Waals surface area contributed by atoms with Crippen LogP contribution in [0.15, 0.2) is 71.4 Å². The zero-order valence-corrected chi connectivity index (χ0v) is 24.4. The summed E-state index contributed by atoms with van der Waals surface area (Å²) in [5, 5.41) is 18.9. The van der Waals surface area contributed by atoms with Crippen molar-refractivity contribution in [2.45, 2.75) is 56.1 Å². The number of halogens is 3. The van der Waals surface area contributed by atoms with Crippen molar-refractivity contribution in [3.05, 3.63) is 99.1 Å². The Balaban J connectivity index is 1.51. The fourth-order valence-corrected chi connectivity index (χ4v) is 7.73. The summed E-state index contributed by atoms with van der Waals surface area (Å²) in [6.07, 6.45) is 6.95. The number of aryl methyl sites for hydroxylation is 1. The van der Waals surface area contributed by atoms with Crippen molar-refractivity contribution in [3.63, 3.8) is 0 Å². The van der Waals surface area contributed by atoms with E-state index in [-0.39, 0.29) is 22.5 Å². The standard InChI is InChI=1S/C32H29Cl2FN4O3/c1-3-19(33)14-23-16(2)32(31(42)36-23)27(21-5-4-6-22(34)28(21)35)29-26(38(32)15-17-7-8-17)12-11-25-20-10-9-18(30(40)41)13-24(20)37-39(25)29/h3-6,9-10,13-14,17,26-27,29H,2,7-8,11-12,15H2,1H3,(H,36,42)(H,40,41)/b19-3+,23-14+/t26-,27-,29+,32+/m1/s1. The average Bonchev–Trinajstić information content (AvgIpc) is 3.58. The number of carbonyl (C=O) groups excluding carboxylic acids is 1. The molecule has 4 atom stereocenters. The Kier molecular flexibility index (Phi) is 6.38. The maximum absolute atomic E-state index is 16.1. The smallest absolute Gasteiger partial charge is 0.335 e. The van der Waals surface area contributed by atoms with Crippen LogP contribution in [-0.2, 0) is 11.2 Å². The third kappa shape index (κ3) is 3.85. The molecule has 3 fully saturated rings. The molecular weight excluding hydrogens is 578 g/mol. The number of rotatable bonds is 5. The van der Waals surface area contributed by atoms with E-state index >= 15 is 4.39 Å². The van der Waals surface area contributed by atoms with Gasteiger partial charge in [-0.2, -0.15) is 5.10 Å². The first kappa shape index (κ1) is 27.4. The summed E-state index contributed by atoms with van der Waals surface area (Å²) < 4.78 is 18.1. The number of carbonyl (C=O) groups is 2. The van der Waals surface area contributed by atoms with Crippen molar-refractivity contribution >= 4 is 46.0 Å². The maximum atomic E-state index is 16.1. The third-order valence-electron chi connectivity index (χ3n) is 9.45. The minimum atomic E-state index is -1.31. The molecule has 0 unspecified atom stereocenters. The fourth-order valence-electron chi connectivity index (χ4n) is 7.44. The van der Waals surface area contributed by atoms with Gasteiger partial charge in [0.05, 0.1) is 22.1 Å². The van der Waals surface area contributed by atoms with Crippen molar-refractivity contribution in [1.82, 2.24) is 20.0 Å². The van der Waals surface area contributed by atoms with E-state index in [9.17, 15) is 14.7 Å². The molecule has 4 heterocycles. The van der Waals surface area contributed by atoms with E-state index < -0.39 is 29.3 Å². The number of nitrogens with zero attached hydrogens (tertiary/aromatic N) is 3. The lowest BCUT2D eigenvalue weighted by Crippen LogP contribution is -2.56. The number of amides is 1. The number of nitrogens with one attached hydrogen (secondary N) is 1. The van der Waals surface area contributed by atoms with Crippen molar-refractivity contribution in [2.75, 3.05) is 6.54 Å². The largest absolute Gasteiger partial charge is 0.478 e. The second kappa shape index (κ2) is 9.79. The van der Waals surface area contributed by atoms with Gasteiger partial charge in [-0.05, 0) is 73.9 Å². The summed E-state index contributed by atoms with van der Waals surface area (Å²) in [6, 6.07) is 9.25. The molecule has 0 bridgehead atoms. The molecule has 42 heavy (non-hydrogen) atoms. The van der Waals surface area contributed by atoms with Crippen molar-refractivity contribution in [1.29, 1.82) is 0 Å². The number of aromatic carboxylic acids is 1. The predicted molar refractivity (Wildman–Crippen MR) is 159 cm³/mol. The molecule has 1 amide bonds. The zero-order chi connectivity index (χ0) is 29.5. The first-order chi connectivity index (χ1) is 20.2. The first-order valence-corrected chi connectivity index (χ1v) is 14.9. The Morgan fingerprint density at radius 1 is 1.29 bits per heavy atom. The van der Waals surface area contributed by atoms with Gasteiger partial charge in [-0.25, -0.2) is 9.18 Å². The summed E-state index contributed by atoms with van der Waals surface area (Å²) in [4.78, 5) is 28.4. The minimum Gasteiger partial charge on any atom is -0.478 e. The zero-order valence-electron chi connectivity index (χ0n) is 22.9. The lowest BCUT2D eigenvalue weighted by molar-refractivity contribution is -0.128. The van der Waals surface area contributed by atoms with E-state index in [0.717, 1.165) is 23.9 Å². The number of allylic oxidation sites excluding steroid dienone is 3. The first-order valence-electron chi connectivity index (χ1n) is 14.2. The maximum Gasteiger partial charge on any atom is 0.335 e. The lowest BCUT2D eigenvalue weighted by atomic mass is 9.73. The van der Waals surface area contributed by atoms with Gasteiger partial charge in [0, 0.05) is 40.3 Å². The Hall–Kier alpha value is -3.46. The normalized spacial score (nSPS) is 28.5. The second-order valence-electron chi connectivity index (χ2n) is 11.7. The Morgan fingerprint density at radius 2 is 2.07 bits per heavy atom. The summed E-state index contributed by atoms with van der Waals surface area (Å²) in [6.45, 7) is 6.94. The van der Waals surface area contributed by atoms with E-state index in [0.29, 0.717) is 52.7 Å². The van der Waals surface area contributed by atoms with Crippen LogP contribution in [0, 0.1) is 11.7 Å². The van der Waals surface area contributed by atoms with Crippen LogP contribution in [-0.4, -0.2) is 49.8 Å². The highest BCUT2D eigenvalue weighted by Gasteiger charge is 2.69. The molecule has 3 aromatic rings. The number of hydrogen-bond acceptors (Lipinski definition) is 4. The van der Waals surface area contributed by atoms with Gasteiger partial charge in [0.25, 0.3) is 0 Å². The Bertz CT molecular complexity index is 1760. The average molecular weight is 608 g/mol. The Labute approximate surface area is 252 Å². The van der Waals surface area contributed by atoms with Gasteiger partial charge in [-0.3, -0.25) is 14.4 Å². The van der Waals surface area contributed by atoms with Gasteiger partial charge >= 0.3 is 5.97 Å².